The minimum absolute atomic E-state index is 0.322. The molecule has 1 heterocycles. The zero-order chi connectivity index (χ0) is 11.4. The van der Waals surface area contributed by atoms with Crippen LogP contribution in [0.15, 0.2) is 4.52 Å². The topological polar surface area (TPSA) is 64.9 Å². The lowest BCUT2D eigenvalue weighted by atomic mass is 9.99. The number of rotatable bonds is 5. The van der Waals surface area contributed by atoms with E-state index in [1.54, 1.807) is 0 Å². The Balaban J connectivity index is 1.96. The number of aromatic nitrogens is 2. The summed E-state index contributed by atoms with van der Waals surface area (Å²) in [7, 11) is 0. The second kappa shape index (κ2) is 5.19. The Labute approximate surface area is 100 Å². The smallest absolute Gasteiger partial charge is 0.236 e. The van der Waals surface area contributed by atoms with Gasteiger partial charge in [0.25, 0.3) is 0 Å². The molecule has 1 aromatic heterocycles. The molecule has 1 saturated carbocycles. The summed E-state index contributed by atoms with van der Waals surface area (Å²) in [6.45, 7) is 2.17. The third-order valence-electron chi connectivity index (χ3n) is 2.98. The number of hydrogen-bond donors (Lipinski definition) is 1. The first-order valence-corrected chi connectivity index (χ1v) is 7.10. The molecule has 1 aliphatic carbocycles. The van der Waals surface area contributed by atoms with Crippen LogP contribution >= 0.6 is 11.8 Å². The van der Waals surface area contributed by atoms with Crippen molar-refractivity contribution in [3.8, 4) is 0 Å². The summed E-state index contributed by atoms with van der Waals surface area (Å²) in [5, 5.41) is 4.02. The van der Waals surface area contributed by atoms with Crippen molar-refractivity contribution in [1.82, 2.24) is 10.1 Å². The molecule has 16 heavy (non-hydrogen) atoms. The van der Waals surface area contributed by atoms with E-state index in [2.05, 4.69) is 17.1 Å². The van der Waals surface area contributed by atoms with Gasteiger partial charge in [-0.2, -0.15) is 16.7 Å². The van der Waals surface area contributed by atoms with Crippen molar-refractivity contribution >= 4 is 11.8 Å². The summed E-state index contributed by atoms with van der Waals surface area (Å²) < 4.78 is 5.23. The van der Waals surface area contributed by atoms with Gasteiger partial charge < -0.3 is 10.3 Å². The van der Waals surface area contributed by atoms with Crippen molar-refractivity contribution in [2.75, 3.05) is 5.75 Å². The van der Waals surface area contributed by atoms with Gasteiger partial charge in [-0.25, -0.2) is 0 Å². The number of thioether (sulfide) groups is 1. The van der Waals surface area contributed by atoms with Gasteiger partial charge in [0.1, 0.15) is 0 Å². The molecule has 4 nitrogen and oxygen atoms in total. The summed E-state index contributed by atoms with van der Waals surface area (Å²) in [5.74, 6) is 3.35. The average molecular weight is 241 g/mol. The quantitative estimate of drug-likeness (QED) is 0.802. The Morgan fingerprint density at radius 1 is 1.44 bits per heavy atom. The second-order valence-electron chi connectivity index (χ2n) is 4.43. The predicted octanol–water partition coefficient (Wildman–Crippen LogP) is 2.44. The first kappa shape index (κ1) is 11.9. The van der Waals surface area contributed by atoms with Gasteiger partial charge >= 0.3 is 0 Å². The molecule has 0 radical (unpaired) electrons. The van der Waals surface area contributed by atoms with E-state index in [1.165, 1.54) is 19.3 Å². The van der Waals surface area contributed by atoms with E-state index in [-0.39, 0.29) is 5.54 Å². The normalized spacial score (nSPS) is 19.1. The molecule has 0 aliphatic heterocycles. The molecule has 0 aromatic carbocycles. The number of nitrogens with zero attached hydrogens (tertiary/aromatic N) is 2. The molecule has 1 aromatic rings. The Kier molecular flexibility index (Phi) is 3.86. The van der Waals surface area contributed by atoms with Crippen molar-refractivity contribution < 1.29 is 4.52 Å². The van der Waals surface area contributed by atoms with E-state index in [9.17, 15) is 0 Å². The third kappa shape index (κ3) is 2.58. The zero-order valence-electron chi connectivity index (χ0n) is 9.74. The van der Waals surface area contributed by atoms with Crippen molar-refractivity contribution in [1.29, 1.82) is 0 Å². The number of hydrogen-bond acceptors (Lipinski definition) is 5. The Morgan fingerprint density at radius 2 is 2.19 bits per heavy atom. The minimum atomic E-state index is -0.322. The molecule has 2 rings (SSSR count). The highest BCUT2D eigenvalue weighted by atomic mass is 32.2. The highest BCUT2D eigenvalue weighted by Crippen LogP contribution is 2.34. The van der Waals surface area contributed by atoms with E-state index in [0.29, 0.717) is 11.7 Å². The largest absolute Gasteiger partial charge is 0.338 e. The van der Waals surface area contributed by atoms with Crippen LogP contribution in [0.2, 0.25) is 0 Å². The maximum atomic E-state index is 6.26. The van der Waals surface area contributed by atoms with E-state index in [0.717, 1.165) is 24.3 Å². The molecule has 1 fully saturated rings. The van der Waals surface area contributed by atoms with Gasteiger partial charge in [0, 0.05) is 0 Å². The molecule has 0 saturated heterocycles. The lowest BCUT2D eigenvalue weighted by Crippen LogP contribution is -2.34. The molecule has 5 heteroatoms. The molecular formula is C11H19N3OS. The van der Waals surface area contributed by atoms with Crippen molar-refractivity contribution in [2.24, 2.45) is 5.73 Å². The highest BCUT2D eigenvalue weighted by Gasteiger charge is 2.35. The van der Waals surface area contributed by atoms with E-state index >= 15 is 0 Å². The average Bonchev–Trinajstić information content (AvgIpc) is 2.88. The minimum Gasteiger partial charge on any atom is -0.338 e. The molecule has 90 valence electrons. The summed E-state index contributed by atoms with van der Waals surface area (Å²) in [4.78, 5) is 4.41. The van der Waals surface area contributed by atoms with Crippen LogP contribution in [0.1, 0.15) is 50.7 Å². The first-order valence-electron chi connectivity index (χ1n) is 5.94. The summed E-state index contributed by atoms with van der Waals surface area (Å²) in [6, 6.07) is 0. The fraction of sp³-hybridized carbons (Fsp3) is 0.818. The van der Waals surface area contributed by atoms with Crippen molar-refractivity contribution in [2.45, 2.75) is 50.3 Å². The third-order valence-corrected chi connectivity index (χ3v) is 4.13. The van der Waals surface area contributed by atoms with Crippen LogP contribution in [0.3, 0.4) is 0 Å². The van der Waals surface area contributed by atoms with Crippen LogP contribution < -0.4 is 5.73 Å². The Morgan fingerprint density at radius 3 is 2.88 bits per heavy atom. The molecule has 2 N–H and O–H groups in total. The summed E-state index contributed by atoms with van der Waals surface area (Å²) >= 11 is 1.82. The molecule has 0 atom stereocenters. The van der Waals surface area contributed by atoms with Gasteiger partial charge in [0.05, 0.1) is 11.3 Å². The zero-order valence-corrected chi connectivity index (χ0v) is 10.6. The van der Waals surface area contributed by atoms with Gasteiger partial charge in [-0.1, -0.05) is 24.9 Å². The molecule has 0 amide bonds. The van der Waals surface area contributed by atoms with Gasteiger partial charge in [0.15, 0.2) is 5.82 Å². The van der Waals surface area contributed by atoms with Crippen LogP contribution in [-0.2, 0) is 11.3 Å². The van der Waals surface area contributed by atoms with E-state index < -0.39 is 0 Å². The van der Waals surface area contributed by atoms with Crippen LogP contribution in [0.5, 0.6) is 0 Å². The van der Waals surface area contributed by atoms with Crippen LogP contribution in [0.4, 0.5) is 0 Å². The van der Waals surface area contributed by atoms with E-state index in [4.69, 9.17) is 10.3 Å². The van der Waals surface area contributed by atoms with Crippen LogP contribution in [0, 0.1) is 0 Å². The van der Waals surface area contributed by atoms with Crippen molar-refractivity contribution in [3.05, 3.63) is 11.7 Å². The number of nitrogens with two attached hydrogens (primary N) is 1. The van der Waals surface area contributed by atoms with E-state index in [1.807, 2.05) is 11.8 Å². The predicted molar refractivity (Wildman–Crippen MR) is 65.1 cm³/mol. The molecule has 0 unspecified atom stereocenters. The monoisotopic (exact) mass is 241 g/mol. The fourth-order valence-electron chi connectivity index (χ4n) is 2.05. The summed E-state index contributed by atoms with van der Waals surface area (Å²) in [5.41, 5.74) is 5.93. The molecule has 0 spiro atoms. The molecular weight excluding hydrogens is 222 g/mol. The van der Waals surface area contributed by atoms with Gasteiger partial charge in [-0.15, -0.1) is 0 Å². The second-order valence-corrected chi connectivity index (χ2v) is 5.53. The van der Waals surface area contributed by atoms with Gasteiger partial charge in [-0.3, -0.25) is 0 Å². The fourth-order valence-corrected chi connectivity index (χ4v) is 2.77. The first-order chi connectivity index (χ1) is 7.74. The maximum absolute atomic E-state index is 6.26. The van der Waals surface area contributed by atoms with Crippen LogP contribution in [0.25, 0.3) is 0 Å². The highest BCUT2D eigenvalue weighted by molar-refractivity contribution is 7.98. The lowest BCUT2D eigenvalue weighted by Gasteiger charge is -2.17. The molecule has 0 bridgehead atoms. The Hall–Kier alpha value is -0.550. The SMILES string of the molecule is CCCSCc1nc(C2(N)CCCC2)no1. The van der Waals surface area contributed by atoms with Crippen molar-refractivity contribution in [3.63, 3.8) is 0 Å². The van der Waals surface area contributed by atoms with Crippen LogP contribution in [-0.4, -0.2) is 15.9 Å². The van der Waals surface area contributed by atoms with Gasteiger partial charge in [0.2, 0.25) is 5.89 Å². The maximum Gasteiger partial charge on any atom is 0.236 e. The standard InChI is InChI=1S/C11H19N3OS/c1-2-7-16-8-9-13-10(14-15-9)11(12)5-3-4-6-11/h2-8,12H2,1H3. The Bertz CT molecular complexity index is 334. The molecule has 1 aliphatic rings. The lowest BCUT2D eigenvalue weighted by molar-refractivity contribution is 0.355. The summed E-state index contributed by atoms with van der Waals surface area (Å²) in [6.07, 6.45) is 5.48. The van der Waals surface area contributed by atoms with Gasteiger partial charge in [-0.05, 0) is 25.0 Å².